The minimum absolute atomic E-state index is 0.514. The summed E-state index contributed by atoms with van der Waals surface area (Å²) in [4.78, 5) is 0. The fourth-order valence-electron chi connectivity index (χ4n) is 2.15. The Morgan fingerprint density at radius 2 is 1.59 bits per heavy atom. The summed E-state index contributed by atoms with van der Waals surface area (Å²) in [5.41, 5.74) is 1.16. The molecule has 0 amide bonds. The zero-order valence-electron chi connectivity index (χ0n) is 12.3. The van der Waals surface area contributed by atoms with Crippen LogP contribution in [0.15, 0.2) is 73.1 Å². The topological polar surface area (TPSA) is 36.3 Å². The van der Waals surface area contributed by atoms with Gasteiger partial charge in [-0.05, 0) is 35.9 Å². The van der Waals surface area contributed by atoms with Crippen LogP contribution < -0.4 is 9.47 Å². The van der Waals surface area contributed by atoms with E-state index < -0.39 is 0 Å². The molecule has 2 aromatic carbocycles. The summed E-state index contributed by atoms with van der Waals surface area (Å²) in [6, 6.07) is 19.7. The van der Waals surface area contributed by atoms with Crippen LogP contribution >= 0.6 is 0 Å². The zero-order valence-corrected chi connectivity index (χ0v) is 12.3. The smallest absolute Gasteiger partial charge is 0.122 e. The molecule has 0 saturated carbocycles. The third-order valence-corrected chi connectivity index (χ3v) is 3.17. The standard InChI is InChI=1S/C18H18N2O2/c1-2-7-17(8-3-1)21-12-13-22-18-9-4-6-16(14-18)15-20-11-5-10-19-20/h1-11,14H,12-13,15H2. The molecule has 3 aromatic rings. The summed E-state index contributed by atoms with van der Waals surface area (Å²) >= 11 is 0. The Morgan fingerprint density at radius 3 is 2.36 bits per heavy atom. The molecule has 0 spiro atoms. The molecule has 3 rings (SSSR count). The minimum atomic E-state index is 0.514. The molecule has 0 aliphatic rings. The molecular weight excluding hydrogens is 276 g/mol. The van der Waals surface area contributed by atoms with Crippen LogP contribution in [0.5, 0.6) is 11.5 Å². The maximum absolute atomic E-state index is 5.73. The number of hydrogen-bond donors (Lipinski definition) is 0. The highest BCUT2D eigenvalue weighted by Crippen LogP contribution is 2.14. The Hall–Kier alpha value is -2.75. The lowest BCUT2D eigenvalue weighted by molar-refractivity contribution is 0.217. The van der Waals surface area contributed by atoms with E-state index in [1.54, 1.807) is 6.20 Å². The number of hydrogen-bond acceptors (Lipinski definition) is 3. The van der Waals surface area contributed by atoms with Gasteiger partial charge in [0.05, 0.1) is 6.54 Å². The van der Waals surface area contributed by atoms with E-state index in [9.17, 15) is 0 Å². The highest BCUT2D eigenvalue weighted by atomic mass is 16.5. The molecule has 1 aromatic heterocycles. The average Bonchev–Trinajstić information content (AvgIpc) is 3.06. The fourth-order valence-corrected chi connectivity index (χ4v) is 2.15. The van der Waals surface area contributed by atoms with Crippen LogP contribution in [0.25, 0.3) is 0 Å². The minimum Gasteiger partial charge on any atom is -0.490 e. The summed E-state index contributed by atoms with van der Waals surface area (Å²) < 4.78 is 13.2. The van der Waals surface area contributed by atoms with Crippen LogP contribution in [0.3, 0.4) is 0 Å². The van der Waals surface area contributed by atoms with Crippen molar-refractivity contribution in [3.63, 3.8) is 0 Å². The molecule has 0 N–H and O–H groups in total. The largest absolute Gasteiger partial charge is 0.490 e. The normalized spacial score (nSPS) is 10.4. The van der Waals surface area contributed by atoms with Crippen molar-refractivity contribution in [3.05, 3.63) is 78.6 Å². The van der Waals surface area contributed by atoms with Crippen molar-refractivity contribution in [1.29, 1.82) is 0 Å². The van der Waals surface area contributed by atoms with Gasteiger partial charge in [-0.15, -0.1) is 0 Å². The van der Waals surface area contributed by atoms with Gasteiger partial charge in [0.15, 0.2) is 0 Å². The molecule has 0 aliphatic carbocycles. The molecule has 22 heavy (non-hydrogen) atoms. The summed E-state index contributed by atoms with van der Waals surface area (Å²) in [7, 11) is 0. The van der Waals surface area contributed by atoms with Crippen molar-refractivity contribution in [3.8, 4) is 11.5 Å². The van der Waals surface area contributed by atoms with Gasteiger partial charge in [0, 0.05) is 12.4 Å². The lowest BCUT2D eigenvalue weighted by Gasteiger charge is -2.09. The van der Waals surface area contributed by atoms with E-state index in [4.69, 9.17) is 9.47 Å². The van der Waals surface area contributed by atoms with Crippen LogP contribution in [0.4, 0.5) is 0 Å². The lowest BCUT2D eigenvalue weighted by atomic mass is 10.2. The van der Waals surface area contributed by atoms with Gasteiger partial charge in [0.1, 0.15) is 24.7 Å². The Balaban J connectivity index is 1.48. The van der Waals surface area contributed by atoms with Crippen molar-refractivity contribution >= 4 is 0 Å². The number of benzene rings is 2. The molecule has 0 fully saturated rings. The first-order valence-corrected chi connectivity index (χ1v) is 7.27. The maximum Gasteiger partial charge on any atom is 0.122 e. The molecule has 0 saturated heterocycles. The van der Waals surface area contributed by atoms with Crippen molar-refractivity contribution in [2.45, 2.75) is 6.54 Å². The molecule has 4 nitrogen and oxygen atoms in total. The van der Waals surface area contributed by atoms with E-state index in [2.05, 4.69) is 11.2 Å². The highest BCUT2D eigenvalue weighted by molar-refractivity contribution is 5.28. The summed E-state index contributed by atoms with van der Waals surface area (Å²) in [6.45, 7) is 1.78. The zero-order chi connectivity index (χ0) is 15.0. The SMILES string of the molecule is c1ccc(OCCOc2cccc(Cn3cccn3)c2)cc1. The van der Waals surface area contributed by atoms with Crippen LogP contribution in [-0.4, -0.2) is 23.0 Å². The molecular formula is C18H18N2O2. The number of ether oxygens (including phenoxy) is 2. The van der Waals surface area contributed by atoms with Crippen molar-refractivity contribution in [2.24, 2.45) is 0 Å². The Morgan fingerprint density at radius 1 is 0.818 bits per heavy atom. The molecule has 0 aliphatic heterocycles. The molecule has 0 bridgehead atoms. The first-order chi connectivity index (χ1) is 10.9. The maximum atomic E-state index is 5.73. The van der Waals surface area contributed by atoms with Crippen LogP contribution in [0.1, 0.15) is 5.56 Å². The first kappa shape index (κ1) is 14.2. The lowest BCUT2D eigenvalue weighted by Crippen LogP contribution is -2.09. The molecule has 4 heteroatoms. The summed E-state index contributed by atoms with van der Waals surface area (Å²) in [5.74, 6) is 1.71. The quantitative estimate of drug-likeness (QED) is 0.627. The van der Waals surface area contributed by atoms with Crippen LogP contribution in [-0.2, 0) is 6.54 Å². The van der Waals surface area contributed by atoms with Gasteiger partial charge >= 0.3 is 0 Å². The second-order valence-corrected chi connectivity index (χ2v) is 4.86. The van der Waals surface area contributed by atoms with Gasteiger partial charge in [0.25, 0.3) is 0 Å². The van der Waals surface area contributed by atoms with Crippen LogP contribution in [0.2, 0.25) is 0 Å². The molecule has 0 unspecified atom stereocenters. The number of rotatable bonds is 7. The van der Waals surface area contributed by atoms with E-state index in [1.165, 1.54) is 0 Å². The van der Waals surface area contributed by atoms with E-state index in [0.717, 1.165) is 23.6 Å². The molecule has 0 atom stereocenters. The average molecular weight is 294 g/mol. The Labute approximate surface area is 129 Å². The van der Waals surface area contributed by atoms with E-state index in [1.807, 2.05) is 65.5 Å². The Bertz CT molecular complexity index is 681. The summed E-state index contributed by atoms with van der Waals surface area (Å²) in [5, 5.41) is 4.21. The Kier molecular flexibility index (Phi) is 4.72. The van der Waals surface area contributed by atoms with E-state index >= 15 is 0 Å². The van der Waals surface area contributed by atoms with Crippen molar-refractivity contribution < 1.29 is 9.47 Å². The van der Waals surface area contributed by atoms with Crippen molar-refractivity contribution in [1.82, 2.24) is 9.78 Å². The van der Waals surface area contributed by atoms with Gasteiger partial charge in [-0.3, -0.25) is 4.68 Å². The summed E-state index contributed by atoms with van der Waals surface area (Å²) in [6.07, 6.45) is 3.72. The molecule has 0 radical (unpaired) electrons. The van der Waals surface area contributed by atoms with Crippen molar-refractivity contribution in [2.75, 3.05) is 13.2 Å². The first-order valence-electron chi connectivity index (χ1n) is 7.27. The van der Waals surface area contributed by atoms with E-state index in [0.29, 0.717) is 13.2 Å². The third kappa shape index (κ3) is 4.12. The van der Waals surface area contributed by atoms with Gasteiger partial charge < -0.3 is 9.47 Å². The second-order valence-electron chi connectivity index (χ2n) is 4.86. The van der Waals surface area contributed by atoms with Gasteiger partial charge in [-0.1, -0.05) is 30.3 Å². The van der Waals surface area contributed by atoms with Gasteiger partial charge in [-0.2, -0.15) is 5.10 Å². The number of para-hydroxylation sites is 1. The monoisotopic (exact) mass is 294 g/mol. The second kappa shape index (κ2) is 7.31. The highest BCUT2D eigenvalue weighted by Gasteiger charge is 1.99. The third-order valence-electron chi connectivity index (χ3n) is 3.17. The predicted octanol–water partition coefficient (Wildman–Crippen LogP) is 3.39. The van der Waals surface area contributed by atoms with Gasteiger partial charge in [0.2, 0.25) is 0 Å². The van der Waals surface area contributed by atoms with Crippen LogP contribution in [0, 0.1) is 0 Å². The predicted molar refractivity (Wildman–Crippen MR) is 85.2 cm³/mol. The molecule has 112 valence electrons. The van der Waals surface area contributed by atoms with Gasteiger partial charge in [-0.25, -0.2) is 0 Å². The number of nitrogens with zero attached hydrogens (tertiary/aromatic N) is 2. The molecule has 1 heterocycles. The van der Waals surface area contributed by atoms with E-state index in [-0.39, 0.29) is 0 Å². The number of aromatic nitrogens is 2. The fraction of sp³-hybridized carbons (Fsp3) is 0.167.